The van der Waals surface area contributed by atoms with E-state index in [0.717, 1.165) is 26.1 Å². The first kappa shape index (κ1) is 12.2. The van der Waals surface area contributed by atoms with Gasteiger partial charge in [-0.2, -0.15) is 0 Å². The molecule has 0 radical (unpaired) electrons. The van der Waals surface area contributed by atoms with Crippen LogP contribution in [0.25, 0.3) is 0 Å². The summed E-state index contributed by atoms with van der Waals surface area (Å²) in [6, 6.07) is 4.26. The Labute approximate surface area is 95.4 Å². The van der Waals surface area contributed by atoms with E-state index in [-0.39, 0.29) is 5.84 Å². The standard InChI is InChI=1S/C11H19N3S/c1-2-14(8-6-11(12)13)7-5-10-4-3-9-15-10/h3-4,9H,2,5-8H2,1H3,(H3,12,13). The van der Waals surface area contributed by atoms with Crippen LogP contribution >= 0.6 is 11.3 Å². The number of hydrogen-bond donors (Lipinski definition) is 2. The highest BCUT2D eigenvalue weighted by Crippen LogP contribution is 2.09. The summed E-state index contributed by atoms with van der Waals surface area (Å²) in [5, 5.41) is 9.30. The molecule has 4 heteroatoms. The molecule has 1 rings (SSSR count). The van der Waals surface area contributed by atoms with Crippen molar-refractivity contribution in [1.82, 2.24) is 4.90 Å². The van der Waals surface area contributed by atoms with Crippen molar-refractivity contribution in [3.05, 3.63) is 22.4 Å². The Hall–Kier alpha value is -0.870. The highest BCUT2D eigenvalue weighted by atomic mass is 32.1. The van der Waals surface area contributed by atoms with Crippen molar-refractivity contribution in [1.29, 1.82) is 5.41 Å². The molecule has 0 unspecified atom stereocenters. The van der Waals surface area contributed by atoms with Gasteiger partial charge in [-0.1, -0.05) is 13.0 Å². The number of nitrogens with two attached hydrogens (primary N) is 1. The maximum absolute atomic E-state index is 7.19. The zero-order valence-corrected chi connectivity index (χ0v) is 10.0. The van der Waals surface area contributed by atoms with Gasteiger partial charge in [-0.3, -0.25) is 5.41 Å². The third-order valence-electron chi connectivity index (χ3n) is 2.40. The van der Waals surface area contributed by atoms with Gasteiger partial charge in [0.2, 0.25) is 0 Å². The molecule has 0 aliphatic carbocycles. The summed E-state index contributed by atoms with van der Waals surface area (Å²) in [5.41, 5.74) is 5.34. The van der Waals surface area contributed by atoms with Crippen molar-refractivity contribution in [3.63, 3.8) is 0 Å². The fourth-order valence-electron chi connectivity index (χ4n) is 1.43. The second-order valence-electron chi connectivity index (χ2n) is 3.54. The lowest BCUT2D eigenvalue weighted by Crippen LogP contribution is -2.29. The molecule has 0 spiro atoms. The Balaban J connectivity index is 2.24. The lowest BCUT2D eigenvalue weighted by molar-refractivity contribution is 0.301. The van der Waals surface area contributed by atoms with E-state index >= 15 is 0 Å². The Bertz CT molecular complexity index is 282. The molecular weight excluding hydrogens is 206 g/mol. The average Bonchev–Trinajstić information content (AvgIpc) is 2.70. The SMILES string of the molecule is CCN(CCC(=N)N)CCc1cccs1. The summed E-state index contributed by atoms with van der Waals surface area (Å²) in [5.74, 6) is 0.282. The first-order chi connectivity index (χ1) is 7.22. The summed E-state index contributed by atoms with van der Waals surface area (Å²) < 4.78 is 0. The van der Waals surface area contributed by atoms with Crippen LogP contribution in [-0.4, -0.2) is 30.4 Å². The van der Waals surface area contributed by atoms with Gasteiger partial charge in [0.25, 0.3) is 0 Å². The quantitative estimate of drug-likeness (QED) is 0.550. The summed E-state index contributed by atoms with van der Waals surface area (Å²) in [6.45, 7) is 5.13. The van der Waals surface area contributed by atoms with Crippen molar-refractivity contribution in [2.75, 3.05) is 19.6 Å². The third-order valence-corrected chi connectivity index (χ3v) is 3.34. The molecule has 1 aromatic rings. The number of nitrogens with one attached hydrogen (secondary N) is 1. The van der Waals surface area contributed by atoms with Gasteiger partial charge in [0.15, 0.2) is 0 Å². The lowest BCUT2D eigenvalue weighted by atomic mass is 10.3. The molecule has 0 atom stereocenters. The van der Waals surface area contributed by atoms with Gasteiger partial charge in [-0.05, 0) is 24.4 Å². The van der Waals surface area contributed by atoms with Crippen LogP contribution in [0.5, 0.6) is 0 Å². The van der Waals surface area contributed by atoms with Crippen LogP contribution < -0.4 is 5.73 Å². The monoisotopic (exact) mass is 225 g/mol. The van der Waals surface area contributed by atoms with Gasteiger partial charge in [-0.25, -0.2) is 0 Å². The average molecular weight is 225 g/mol. The number of thiophene rings is 1. The predicted molar refractivity (Wildman–Crippen MR) is 66.7 cm³/mol. The minimum atomic E-state index is 0.282. The summed E-state index contributed by atoms with van der Waals surface area (Å²) in [4.78, 5) is 3.76. The van der Waals surface area contributed by atoms with Crippen molar-refractivity contribution >= 4 is 17.2 Å². The molecule has 0 fully saturated rings. The third kappa shape index (κ3) is 4.95. The van der Waals surface area contributed by atoms with Crippen LogP contribution in [0.1, 0.15) is 18.2 Å². The van der Waals surface area contributed by atoms with Gasteiger partial charge in [0.05, 0.1) is 5.84 Å². The zero-order chi connectivity index (χ0) is 11.1. The summed E-state index contributed by atoms with van der Waals surface area (Å²) in [7, 11) is 0. The Morgan fingerprint density at radius 2 is 2.33 bits per heavy atom. The summed E-state index contributed by atoms with van der Waals surface area (Å²) in [6.07, 6.45) is 1.78. The first-order valence-corrected chi connectivity index (χ1v) is 6.18. The van der Waals surface area contributed by atoms with Crippen LogP contribution in [0, 0.1) is 5.41 Å². The van der Waals surface area contributed by atoms with Gasteiger partial charge in [0, 0.05) is 24.4 Å². The highest BCUT2D eigenvalue weighted by molar-refractivity contribution is 7.09. The number of likely N-dealkylation sites (N-methyl/N-ethyl adjacent to an activating group) is 1. The van der Waals surface area contributed by atoms with E-state index in [1.54, 1.807) is 11.3 Å². The maximum atomic E-state index is 7.19. The number of hydrogen-bond acceptors (Lipinski definition) is 3. The molecule has 0 bridgehead atoms. The van der Waals surface area contributed by atoms with Crippen LogP contribution in [0.4, 0.5) is 0 Å². The molecule has 1 heterocycles. The van der Waals surface area contributed by atoms with Crippen molar-refractivity contribution < 1.29 is 0 Å². The van der Waals surface area contributed by atoms with Gasteiger partial charge in [0.1, 0.15) is 0 Å². The predicted octanol–water partition coefficient (Wildman–Crippen LogP) is 1.94. The van der Waals surface area contributed by atoms with E-state index in [1.165, 1.54) is 4.88 Å². The fraction of sp³-hybridized carbons (Fsp3) is 0.545. The van der Waals surface area contributed by atoms with Crippen LogP contribution in [0.15, 0.2) is 17.5 Å². The molecule has 3 nitrogen and oxygen atoms in total. The van der Waals surface area contributed by atoms with E-state index in [2.05, 4.69) is 29.3 Å². The molecule has 0 aliphatic rings. The second kappa shape index (κ2) is 6.58. The fourth-order valence-corrected chi connectivity index (χ4v) is 2.13. The number of rotatable bonds is 7. The topological polar surface area (TPSA) is 53.1 Å². The Morgan fingerprint density at radius 1 is 1.53 bits per heavy atom. The van der Waals surface area contributed by atoms with Crippen LogP contribution in [0.3, 0.4) is 0 Å². The largest absolute Gasteiger partial charge is 0.388 e. The normalized spacial score (nSPS) is 10.8. The first-order valence-electron chi connectivity index (χ1n) is 5.30. The van der Waals surface area contributed by atoms with Crippen LogP contribution in [-0.2, 0) is 6.42 Å². The van der Waals surface area contributed by atoms with Crippen LogP contribution in [0.2, 0.25) is 0 Å². The molecule has 0 aromatic carbocycles. The van der Waals surface area contributed by atoms with Gasteiger partial charge in [-0.15, -0.1) is 11.3 Å². The van der Waals surface area contributed by atoms with Gasteiger partial charge < -0.3 is 10.6 Å². The second-order valence-corrected chi connectivity index (χ2v) is 4.57. The Morgan fingerprint density at radius 3 is 2.87 bits per heavy atom. The van der Waals surface area contributed by atoms with E-state index in [0.29, 0.717) is 6.42 Å². The zero-order valence-electron chi connectivity index (χ0n) is 9.20. The maximum Gasteiger partial charge on any atom is 0.0918 e. The molecule has 3 N–H and O–H groups in total. The van der Waals surface area contributed by atoms with E-state index in [1.807, 2.05) is 0 Å². The van der Waals surface area contributed by atoms with E-state index in [4.69, 9.17) is 11.1 Å². The number of nitrogens with zero attached hydrogens (tertiary/aromatic N) is 1. The molecule has 1 aromatic heterocycles. The smallest absolute Gasteiger partial charge is 0.0918 e. The molecule has 0 saturated carbocycles. The summed E-state index contributed by atoms with van der Waals surface area (Å²) >= 11 is 1.81. The molecular formula is C11H19N3S. The number of amidine groups is 1. The molecule has 0 aliphatic heterocycles. The molecule has 15 heavy (non-hydrogen) atoms. The minimum Gasteiger partial charge on any atom is -0.388 e. The molecule has 0 saturated heterocycles. The van der Waals surface area contributed by atoms with Crippen molar-refractivity contribution in [2.24, 2.45) is 5.73 Å². The lowest BCUT2D eigenvalue weighted by Gasteiger charge is -2.19. The van der Waals surface area contributed by atoms with E-state index < -0.39 is 0 Å². The van der Waals surface area contributed by atoms with Gasteiger partial charge >= 0.3 is 0 Å². The molecule has 0 amide bonds. The Kier molecular flexibility index (Phi) is 5.36. The minimum absolute atomic E-state index is 0.282. The van der Waals surface area contributed by atoms with Crippen molar-refractivity contribution in [3.8, 4) is 0 Å². The van der Waals surface area contributed by atoms with E-state index in [9.17, 15) is 0 Å². The highest BCUT2D eigenvalue weighted by Gasteiger charge is 2.03. The molecule has 84 valence electrons. The van der Waals surface area contributed by atoms with Crippen molar-refractivity contribution in [2.45, 2.75) is 19.8 Å².